The first kappa shape index (κ1) is 35.2. The fourth-order valence-corrected chi connectivity index (χ4v) is 9.39. The van der Waals surface area contributed by atoms with Crippen LogP contribution in [-0.2, 0) is 0 Å². The van der Waals surface area contributed by atoms with Crippen LogP contribution in [0.2, 0.25) is 0 Å². The molecule has 0 fully saturated rings. The Kier molecular flexibility index (Phi) is 8.17. The van der Waals surface area contributed by atoms with Crippen molar-refractivity contribution >= 4 is 82.5 Å². The summed E-state index contributed by atoms with van der Waals surface area (Å²) in [7, 11) is 0. The number of hydrogen-bond donors (Lipinski definition) is 0. The molecule has 0 radical (unpaired) electrons. The average Bonchev–Trinajstić information content (AvgIpc) is 3.86. The molecule has 1 unspecified atom stereocenters. The van der Waals surface area contributed by atoms with Gasteiger partial charge in [0.2, 0.25) is 0 Å². The van der Waals surface area contributed by atoms with Crippen molar-refractivity contribution in [1.82, 2.24) is 4.57 Å². The van der Waals surface area contributed by atoms with Crippen molar-refractivity contribution in [2.75, 3.05) is 0 Å². The largest absolute Gasteiger partial charge is 0.454 e. The number of rotatable bonds is 5. The van der Waals surface area contributed by atoms with Crippen LogP contribution in [0.1, 0.15) is 30.0 Å². The van der Waals surface area contributed by atoms with Crippen molar-refractivity contribution in [3.63, 3.8) is 0 Å². The van der Waals surface area contributed by atoms with E-state index in [9.17, 15) is 0 Å². The summed E-state index contributed by atoms with van der Waals surface area (Å²) in [4.78, 5) is 11.2. The molecule has 1 aliphatic rings. The van der Waals surface area contributed by atoms with Crippen LogP contribution in [0, 0.1) is 5.92 Å². The summed E-state index contributed by atoms with van der Waals surface area (Å²) in [6.45, 7) is 2.28. The number of amidine groups is 1. The SMILES string of the molecule is CC1C/C=C(\c2cccc(-c3ccccc3)c2)N=C(c2ccc(-n3c4ccccc4c4cc5ccccc5cc43)c3oc4ccccc4c23)N=C1c1ccc2ccccc2c1. The number of fused-ring (bicyclic) bond motifs is 8. The van der Waals surface area contributed by atoms with Crippen LogP contribution in [0.25, 0.3) is 87.8 Å². The maximum absolute atomic E-state index is 7.00. The minimum atomic E-state index is 0.113. The van der Waals surface area contributed by atoms with Gasteiger partial charge in [-0.2, -0.15) is 0 Å². The van der Waals surface area contributed by atoms with Gasteiger partial charge in [-0.15, -0.1) is 0 Å². The number of allylic oxidation sites excluding steroid dienone is 1. The zero-order chi connectivity index (χ0) is 40.4. The van der Waals surface area contributed by atoms with E-state index in [-0.39, 0.29) is 5.92 Å². The molecule has 4 heteroatoms. The molecule has 1 aliphatic heterocycles. The van der Waals surface area contributed by atoms with Crippen LogP contribution in [0.15, 0.2) is 215 Å². The molecule has 2 aromatic heterocycles. The molecule has 0 aliphatic carbocycles. The highest BCUT2D eigenvalue weighted by atomic mass is 16.3. The first-order valence-corrected chi connectivity index (χ1v) is 21.0. The molecule has 288 valence electrons. The molecule has 3 heterocycles. The molecular weight excluding hydrogens is 743 g/mol. The fourth-order valence-electron chi connectivity index (χ4n) is 9.39. The number of aliphatic imine (C=N–C) groups is 2. The van der Waals surface area contributed by atoms with E-state index in [4.69, 9.17) is 14.4 Å². The maximum atomic E-state index is 7.00. The average molecular weight is 782 g/mol. The molecule has 1 atom stereocenters. The van der Waals surface area contributed by atoms with Gasteiger partial charge in [0.15, 0.2) is 11.4 Å². The van der Waals surface area contributed by atoms with E-state index >= 15 is 0 Å². The molecule has 0 saturated carbocycles. The quantitative estimate of drug-likeness (QED) is 0.171. The normalized spacial score (nSPS) is 15.6. The zero-order valence-corrected chi connectivity index (χ0v) is 33.6. The molecule has 0 bridgehead atoms. The van der Waals surface area contributed by atoms with Gasteiger partial charge in [-0.3, -0.25) is 0 Å². The molecule has 61 heavy (non-hydrogen) atoms. The Morgan fingerprint density at radius 1 is 0.492 bits per heavy atom. The van der Waals surface area contributed by atoms with Crippen LogP contribution in [0.4, 0.5) is 0 Å². The fraction of sp³-hybridized carbons (Fsp3) is 0.0526. The van der Waals surface area contributed by atoms with Crippen molar-refractivity contribution in [2.24, 2.45) is 15.9 Å². The van der Waals surface area contributed by atoms with Gasteiger partial charge in [-0.25, -0.2) is 9.98 Å². The number of nitrogens with zero attached hydrogens (tertiary/aromatic N) is 3. The van der Waals surface area contributed by atoms with E-state index in [0.717, 1.165) is 78.7 Å². The topological polar surface area (TPSA) is 42.8 Å². The van der Waals surface area contributed by atoms with Gasteiger partial charge in [0.1, 0.15) is 5.58 Å². The zero-order valence-electron chi connectivity index (χ0n) is 33.6. The van der Waals surface area contributed by atoms with Gasteiger partial charge >= 0.3 is 0 Å². The van der Waals surface area contributed by atoms with Crippen molar-refractivity contribution in [2.45, 2.75) is 13.3 Å². The molecule has 0 amide bonds. The van der Waals surface area contributed by atoms with E-state index in [1.807, 2.05) is 6.07 Å². The van der Waals surface area contributed by atoms with Crippen LogP contribution < -0.4 is 0 Å². The molecule has 0 N–H and O–H groups in total. The van der Waals surface area contributed by atoms with Crippen molar-refractivity contribution in [1.29, 1.82) is 0 Å². The second-order valence-electron chi connectivity index (χ2n) is 16.2. The van der Waals surface area contributed by atoms with Crippen LogP contribution >= 0.6 is 0 Å². The smallest absolute Gasteiger partial charge is 0.160 e. The lowest BCUT2D eigenvalue weighted by atomic mass is 9.91. The summed E-state index contributed by atoms with van der Waals surface area (Å²) in [5, 5.41) is 9.24. The van der Waals surface area contributed by atoms with Gasteiger partial charge in [0.05, 0.1) is 28.1 Å². The molecule has 0 spiro atoms. The highest BCUT2D eigenvalue weighted by Gasteiger charge is 2.25. The molecule has 4 nitrogen and oxygen atoms in total. The van der Waals surface area contributed by atoms with Crippen LogP contribution in [-0.4, -0.2) is 16.1 Å². The van der Waals surface area contributed by atoms with Gasteiger partial charge in [-0.05, 0) is 93.2 Å². The number of hydrogen-bond acceptors (Lipinski definition) is 3. The van der Waals surface area contributed by atoms with Crippen LogP contribution in [0.5, 0.6) is 0 Å². The molecule has 9 aromatic carbocycles. The summed E-state index contributed by atoms with van der Waals surface area (Å²) in [6, 6.07) is 69.2. The maximum Gasteiger partial charge on any atom is 0.160 e. The van der Waals surface area contributed by atoms with E-state index in [1.165, 1.54) is 37.9 Å². The number of benzene rings is 9. The monoisotopic (exact) mass is 781 g/mol. The molecule has 12 rings (SSSR count). The van der Waals surface area contributed by atoms with E-state index in [2.05, 4.69) is 206 Å². The summed E-state index contributed by atoms with van der Waals surface area (Å²) in [5.74, 6) is 0.768. The molecule has 0 saturated heterocycles. The van der Waals surface area contributed by atoms with Gasteiger partial charge < -0.3 is 8.98 Å². The third kappa shape index (κ3) is 5.90. The Bertz CT molecular complexity index is 3640. The van der Waals surface area contributed by atoms with Gasteiger partial charge in [0, 0.05) is 38.6 Å². The van der Waals surface area contributed by atoms with Gasteiger partial charge in [-0.1, -0.05) is 159 Å². The Morgan fingerprint density at radius 3 is 2.03 bits per heavy atom. The lowest BCUT2D eigenvalue weighted by Crippen LogP contribution is -2.17. The molecule has 11 aromatic rings. The predicted octanol–water partition coefficient (Wildman–Crippen LogP) is 15.0. The summed E-state index contributed by atoms with van der Waals surface area (Å²) >= 11 is 0. The van der Waals surface area contributed by atoms with Crippen molar-refractivity contribution in [3.05, 3.63) is 217 Å². The van der Waals surface area contributed by atoms with E-state index < -0.39 is 0 Å². The standard InChI is InChI=1S/C57H39N3O/c1-36-26-30-49(43-21-13-20-40(32-43)37-14-3-2-4-15-37)58-57(59-55(36)44-28-27-38-16-5-6-17-39(38)33-44)47-29-31-51(56-54(47)46-23-10-12-25-53(46)61-56)60-50-24-11-9-22-45(50)48-34-41-18-7-8-19-42(41)35-52(48)60/h2-25,27-36H,26H2,1H3/b49-30+,58-57?,59-55?. The Balaban J connectivity index is 1.13. The predicted molar refractivity (Wildman–Crippen MR) is 256 cm³/mol. The van der Waals surface area contributed by atoms with E-state index in [1.54, 1.807) is 0 Å². The third-order valence-corrected chi connectivity index (χ3v) is 12.4. The van der Waals surface area contributed by atoms with Crippen LogP contribution in [0.3, 0.4) is 0 Å². The Hall–Kier alpha value is -7.82. The highest BCUT2D eigenvalue weighted by Crippen LogP contribution is 2.41. The third-order valence-electron chi connectivity index (χ3n) is 12.4. The minimum Gasteiger partial charge on any atom is -0.454 e. The Labute approximate surface area is 353 Å². The summed E-state index contributed by atoms with van der Waals surface area (Å²) in [6.07, 6.45) is 3.09. The van der Waals surface area contributed by atoms with Crippen molar-refractivity contribution < 1.29 is 4.42 Å². The first-order chi connectivity index (χ1) is 30.1. The highest BCUT2D eigenvalue weighted by molar-refractivity contribution is 6.24. The van der Waals surface area contributed by atoms with Crippen molar-refractivity contribution in [3.8, 4) is 16.8 Å². The number of para-hydroxylation sites is 2. The molecular formula is C57H39N3O. The summed E-state index contributed by atoms with van der Waals surface area (Å²) in [5.41, 5.74) is 12.2. The first-order valence-electron chi connectivity index (χ1n) is 21.0. The lowest BCUT2D eigenvalue weighted by molar-refractivity contribution is 0.666. The van der Waals surface area contributed by atoms with E-state index in [0.29, 0.717) is 5.84 Å². The Morgan fingerprint density at radius 2 is 1.18 bits per heavy atom. The second kappa shape index (κ2) is 14.2. The lowest BCUT2D eigenvalue weighted by Gasteiger charge is -2.19. The number of furan rings is 1. The second-order valence-corrected chi connectivity index (χ2v) is 16.2. The van der Waals surface area contributed by atoms with Gasteiger partial charge in [0.25, 0.3) is 0 Å². The minimum absolute atomic E-state index is 0.113. The summed E-state index contributed by atoms with van der Waals surface area (Å²) < 4.78 is 9.37. The number of aromatic nitrogens is 1.